The summed E-state index contributed by atoms with van der Waals surface area (Å²) in [6.45, 7) is 1.39. The molecule has 1 amide bonds. The Bertz CT molecular complexity index is 670. The maximum atomic E-state index is 12.6. The van der Waals surface area contributed by atoms with Crippen LogP contribution in [-0.2, 0) is 11.2 Å². The van der Waals surface area contributed by atoms with Gasteiger partial charge >= 0.3 is 0 Å². The molecule has 2 aromatic rings. The molecule has 1 saturated heterocycles. The Hall–Kier alpha value is -2.08. The molecule has 116 valence electrons. The molecule has 0 radical (unpaired) electrons. The molecular weight excluding hydrogens is 282 g/mol. The third kappa shape index (κ3) is 2.33. The highest BCUT2D eigenvalue weighted by Gasteiger charge is 2.28. The molecule has 2 aliphatic rings. The quantitative estimate of drug-likeness (QED) is 0.911. The summed E-state index contributed by atoms with van der Waals surface area (Å²) in [6.07, 6.45) is 7.16. The van der Waals surface area contributed by atoms with Crippen molar-refractivity contribution in [2.75, 3.05) is 13.2 Å². The Labute approximate surface area is 128 Å². The molecule has 0 aromatic carbocycles. The zero-order valence-electron chi connectivity index (χ0n) is 12.3. The second-order valence-electron chi connectivity index (χ2n) is 5.98. The van der Waals surface area contributed by atoms with Crippen LogP contribution in [0, 0.1) is 0 Å². The van der Waals surface area contributed by atoms with Crippen LogP contribution >= 0.6 is 0 Å². The summed E-state index contributed by atoms with van der Waals surface area (Å²) in [7, 11) is 0. The van der Waals surface area contributed by atoms with Crippen molar-refractivity contribution in [3.8, 4) is 0 Å². The van der Waals surface area contributed by atoms with E-state index in [-0.39, 0.29) is 17.9 Å². The Morgan fingerprint density at radius 3 is 3.23 bits per heavy atom. The van der Waals surface area contributed by atoms with Crippen molar-refractivity contribution in [1.82, 2.24) is 15.5 Å². The van der Waals surface area contributed by atoms with Crippen LogP contribution in [0.15, 0.2) is 22.9 Å². The highest BCUT2D eigenvalue weighted by molar-refractivity contribution is 5.95. The molecule has 0 unspecified atom stereocenters. The van der Waals surface area contributed by atoms with Crippen molar-refractivity contribution >= 4 is 5.91 Å². The predicted octanol–water partition coefficient (Wildman–Crippen LogP) is 2.31. The van der Waals surface area contributed by atoms with Crippen LogP contribution in [0.3, 0.4) is 0 Å². The minimum Gasteiger partial charge on any atom is -0.469 e. The number of aromatic amines is 1. The lowest BCUT2D eigenvalue weighted by Crippen LogP contribution is -2.31. The predicted molar refractivity (Wildman–Crippen MR) is 78.6 cm³/mol. The lowest BCUT2D eigenvalue weighted by atomic mass is 9.93. The van der Waals surface area contributed by atoms with E-state index < -0.39 is 0 Å². The average molecular weight is 301 g/mol. The number of hydrogen-bond donors (Lipinski definition) is 2. The van der Waals surface area contributed by atoms with Gasteiger partial charge in [-0.15, -0.1) is 0 Å². The molecule has 6 nitrogen and oxygen atoms in total. The number of hydrogen-bond acceptors (Lipinski definition) is 4. The van der Waals surface area contributed by atoms with Crippen molar-refractivity contribution in [3.63, 3.8) is 0 Å². The van der Waals surface area contributed by atoms with Gasteiger partial charge < -0.3 is 14.5 Å². The van der Waals surface area contributed by atoms with Gasteiger partial charge in [-0.1, -0.05) is 0 Å². The standard InChI is InChI=1S/C16H19N3O3/c20-16(12-8-17-19-15(12)10-4-6-21-9-10)18-13-2-1-3-14-11(13)5-7-22-14/h5,7-8,10,13H,1-4,6,9H2,(H,17,19)(H,18,20)/t10-,13+/m0/s1. The number of amides is 1. The lowest BCUT2D eigenvalue weighted by Gasteiger charge is -2.22. The van der Waals surface area contributed by atoms with Crippen LogP contribution in [-0.4, -0.2) is 29.3 Å². The lowest BCUT2D eigenvalue weighted by molar-refractivity contribution is 0.0930. The van der Waals surface area contributed by atoms with E-state index >= 15 is 0 Å². The number of carbonyl (C=O) groups is 1. The molecule has 6 heteroatoms. The number of nitrogens with one attached hydrogen (secondary N) is 2. The number of aryl methyl sites for hydroxylation is 1. The third-order valence-electron chi connectivity index (χ3n) is 4.61. The maximum absolute atomic E-state index is 12.6. The Morgan fingerprint density at radius 2 is 2.36 bits per heavy atom. The molecule has 22 heavy (non-hydrogen) atoms. The van der Waals surface area contributed by atoms with E-state index in [1.165, 1.54) is 0 Å². The van der Waals surface area contributed by atoms with E-state index in [2.05, 4.69) is 15.5 Å². The van der Waals surface area contributed by atoms with Gasteiger partial charge in [-0.2, -0.15) is 5.10 Å². The van der Waals surface area contributed by atoms with E-state index in [1.54, 1.807) is 12.5 Å². The number of carbonyl (C=O) groups excluding carboxylic acids is 1. The number of nitrogens with zero attached hydrogens (tertiary/aromatic N) is 1. The van der Waals surface area contributed by atoms with E-state index in [0.717, 1.165) is 49.3 Å². The summed E-state index contributed by atoms with van der Waals surface area (Å²) < 4.78 is 10.9. The summed E-state index contributed by atoms with van der Waals surface area (Å²) in [6, 6.07) is 1.98. The Morgan fingerprint density at radius 1 is 1.41 bits per heavy atom. The van der Waals surface area contributed by atoms with Crippen LogP contribution in [0.1, 0.15) is 58.6 Å². The van der Waals surface area contributed by atoms with Gasteiger partial charge in [-0.25, -0.2) is 0 Å². The highest BCUT2D eigenvalue weighted by atomic mass is 16.5. The van der Waals surface area contributed by atoms with Crippen LogP contribution in [0.2, 0.25) is 0 Å². The molecule has 0 saturated carbocycles. The first-order chi connectivity index (χ1) is 10.8. The fourth-order valence-corrected chi connectivity index (χ4v) is 3.42. The second-order valence-corrected chi connectivity index (χ2v) is 5.98. The van der Waals surface area contributed by atoms with E-state index in [1.807, 2.05) is 6.07 Å². The average Bonchev–Trinajstić information content (AvgIpc) is 3.27. The van der Waals surface area contributed by atoms with Gasteiger partial charge in [0.2, 0.25) is 0 Å². The zero-order chi connectivity index (χ0) is 14.9. The number of furan rings is 1. The van der Waals surface area contributed by atoms with Crippen molar-refractivity contribution < 1.29 is 13.9 Å². The minimum absolute atomic E-state index is 0.0255. The monoisotopic (exact) mass is 301 g/mol. The van der Waals surface area contributed by atoms with Crippen LogP contribution in [0.25, 0.3) is 0 Å². The number of aromatic nitrogens is 2. The fraction of sp³-hybridized carbons (Fsp3) is 0.500. The number of ether oxygens (including phenoxy) is 1. The topological polar surface area (TPSA) is 80.2 Å². The van der Waals surface area contributed by atoms with Crippen molar-refractivity contribution in [2.45, 2.75) is 37.6 Å². The molecule has 4 rings (SSSR count). The first kappa shape index (κ1) is 13.6. The SMILES string of the molecule is O=C(N[C@@H]1CCCc2occc21)c1cn[nH]c1[C@H]1CCOC1. The highest BCUT2D eigenvalue weighted by Crippen LogP contribution is 2.31. The van der Waals surface area contributed by atoms with Gasteiger partial charge in [-0.3, -0.25) is 9.89 Å². The maximum Gasteiger partial charge on any atom is 0.255 e. The first-order valence-corrected chi connectivity index (χ1v) is 7.81. The largest absolute Gasteiger partial charge is 0.469 e. The number of fused-ring (bicyclic) bond motifs is 1. The minimum atomic E-state index is -0.0744. The third-order valence-corrected chi connectivity index (χ3v) is 4.61. The summed E-state index contributed by atoms with van der Waals surface area (Å²) in [5, 5.41) is 10.2. The summed E-state index contributed by atoms with van der Waals surface area (Å²) in [5.74, 6) is 1.15. The zero-order valence-corrected chi connectivity index (χ0v) is 12.3. The number of rotatable bonds is 3. The molecule has 0 spiro atoms. The van der Waals surface area contributed by atoms with Crippen molar-refractivity contribution in [1.29, 1.82) is 0 Å². The summed E-state index contributed by atoms with van der Waals surface area (Å²) in [4.78, 5) is 12.6. The van der Waals surface area contributed by atoms with Gasteiger partial charge in [0, 0.05) is 24.5 Å². The molecule has 2 aromatic heterocycles. The molecule has 1 fully saturated rings. The molecule has 1 aliphatic heterocycles. The van der Waals surface area contributed by atoms with Crippen molar-refractivity contribution in [2.24, 2.45) is 0 Å². The van der Waals surface area contributed by atoms with Crippen LogP contribution in [0.5, 0.6) is 0 Å². The van der Waals surface area contributed by atoms with Crippen molar-refractivity contribution in [3.05, 3.63) is 41.1 Å². The molecule has 3 heterocycles. The molecule has 2 atom stereocenters. The summed E-state index contributed by atoms with van der Waals surface area (Å²) in [5.41, 5.74) is 2.62. The van der Waals surface area contributed by atoms with E-state index in [0.29, 0.717) is 12.2 Å². The molecule has 2 N–H and O–H groups in total. The first-order valence-electron chi connectivity index (χ1n) is 7.81. The van der Waals surface area contributed by atoms with Gasteiger partial charge in [0.1, 0.15) is 5.76 Å². The van der Waals surface area contributed by atoms with E-state index in [9.17, 15) is 4.79 Å². The number of H-pyrrole nitrogens is 1. The van der Waals surface area contributed by atoms with Crippen LogP contribution < -0.4 is 5.32 Å². The normalized spacial score (nSPS) is 24.2. The van der Waals surface area contributed by atoms with E-state index in [4.69, 9.17) is 9.15 Å². The summed E-state index contributed by atoms with van der Waals surface area (Å²) >= 11 is 0. The molecule has 0 bridgehead atoms. The van der Waals surface area contributed by atoms with Gasteiger partial charge in [0.15, 0.2) is 0 Å². The molecule has 1 aliphatic carbocycles. The Kier molecular flexibility index (Phi) is 3.46. The second kappa shape index (κ2) is 5.61. The van der Waals surface area contributed by atoms with Gasteiger partial charge in [0.05, 0.1) is 36.4 Å². The fourth-order valence-electron chi connectivity index (χ4n) is 3.42. The van der Waals surface area contributed by atoms with Gasteiger partial charge in [-0.05, 0) is 25.3 Å². The Balaban J connectivity index is 1.53. The smallest absolute Gasteiger partial charge is 0.255 e. The molecular formula is C16H19N3O3. The van der Waals surface area contributed by atoms with Crippen LogP contribution in [0.4, 0.5) is 0 Å². The van der Waals surface area contributed by atoms with Gasteiger partial charge in [0.25, 0.3) is 5.91 Å².